The molecule has 3 heteroatoms. The maximum absolute atomic E-state index is 5.74. The molecule has 0 saturated heterocycles. The van der Waals surface area contributed by atoms with Gasteiger partial charge in [-0.1, -0.05) is 91.9 Å². The predicted octanol–water partition coefficient (Wildman–Crippen LogP) is 4.99. The molecule has 1 aliphatic heterocycles. The van der Waals surface area contributed by atoms with Crippen LogP contribution in [0.4, 0.5) is 0 Å². The van der Waals surface area contributed by atoms with Crippen molar-refractivity contribution in [2.45, 2.75) is 32.4 Å². The topological polar surface area (TPSA) is 15.3 Å². The zero-order valence-electron chi connectivity index (χ0n) is 17.0. The minimum absolute atomic E-state index is 0.473. The van der Waals surface area contributed by atoms with Crippen LogP contribution in [0.25, 0.3) is 0 Å². The van der Waals surface area contributed by atoms with E-state index >= 15 is 0 Å². The Bertz CT molecular complexity index is 967. The van der Waals surface area contributed by atoms with Crippen LogP contribution in [-0.2, 0) is 19.4 Å². The van der Waals surface area contributed by atoms with Crippen molar-refractivity contribution in [2.24, 2.45) is 0 Å². The van der Waals surface area contributed by atoms with Gasteiger partial charge in [0.1, 0.15) is 4.99 Å². The van der Waals surface area contributed by atoms with Crippen molar-refractivity contribution < 1.29 is 0 Å². The molecule has 0 aromatic heterocycles. The van der Waals surface area contributed by atoms with Crippen LogP contribution >= 0.6 is 12.2 Å². The molecule has 4 rings (SSSR count). The van der Waals surface area contributed by atoms with E-state index in [0.29, 0.717) is 6.04 Å². The van der Waals surface area contributed by atoms with Crippen LogP contribution in [0.15, 0.2) is 78.9 Å². The van der Waals surface area contributed by atoms with Gasteiger partial charge in [0.05, 0.1) is 0 Å². The molecule has 0 bridgehead atoms. The van der Waals surface area contributed by atoms with Gasteiger partial charge in [-0.05, 0) is 47.7 Å². The Morgan fingerprint density at radius 1 is 0.931 bits per heavy atom. The van der Waals surface area contributed by atoms with E-state index in [1.54, 1.807) is 0 Å². The number of thiocarbonyl (C=S) groups is 1. The SMILES string of the molecule is CCN1Cc2ccccc2C[C@H]1CNC(=S)c1cccc(Cc2ccccc2)c1. The average Bonchev–Trinajstić information content (AvgIpc) is 2.77. The third-order valence-corrected chi connectivity index (χ3v) is 6.19. The van der Waals surface area contributed by atoms with Gasteiger partial charge < -0.3 is 5.32 Å². The predicted molar refractivity (Wildman–Crippen MR) is 125 cm³/mol. The molecule has 0 saturated carbocycles. The number of nitrogens with one attached hydrogen (secondary N) is 1. The zero-order valence-corrected chi connectivity index (χ0v) is 17.8. The van der Waals surface area contributed by atoms with Crippen LogP contribution in [0.2, 0.25) is 0 Å². The molecule has 0 unspecified atom stereocenters. The first-order valence-electron chi connectivity index (χ1n) is 10.4. The molecule has 1 N–H and O–H groups in total. The largest absolute Gasteiger partial charge is 0.374 e. The second-order valence-corrected chi connectivity index (χ2v) is 8.17. The van der Waals surface area contributed by atoms with Crippen molar-refractivity contribution in [1.82, 2.24) is 10.2 Å². The minimum Gasteiger partial charge on any atom is -0.374 e. The molecule has 3 aromatic carbocycles. The molecule has 0 amide bonds. The summed E-state index contributed by atoms with van der Waals surface area (Å²) in [6.07, 6.45) is 2.01. The quantitative estimate of drug-likeness (QED) is 0.587. The van der Waals surface area contributed by atoms with Gasteiger partial charge in [-0.3, -0.25) is 4.90 Å². The van der Waals surface area contributed by atoms with Crippen LogP contribution in [-0.4, -0.2) is 29.0 Å². The Morgan fingerprint density at radius 2 is 1.66 bits per heavy atom. The summed E-state index contributed by atoms with van der Waals surface area (Å²) in [5.74, 6) is 0. The fourth-order valence-electron chi connectivity index (χ4n) is 4.18. The molecule has 1 aliphatic rings. The van der Waals surface area contributed by atoms with Gasteiger partial charge in [0, 0.05) is 24.7 Å². The lowest BCUT2D eigenvalue weighted by Gasteiger charge is -2.36. The summed E-state index contributed by atoms with van der Waals surface area (Å²) < 4.78 is 0. The zero-order chi connectivity index (χ0) is 20.1. The molecular formula is C26H28N2S. The van der Waals surface area contributed by atoms with E-state index < -0.39 is 0 Å². The first kappa shape index (κ1) is 19.8. The average molecular weight is 401 g/mol. The highest BCUT2D eigenvalue weighted by Gasteiger charge is 2.24. The first-order chi connectivity index (χ1) is 14.2. The second-order valence-electron chi connectivity index (χ2n) is 7.76. The summed E-state index contributed by atoms with van der Waals surface area (Å²) in [7, 11) is 0. The van der Waals surface area contributed by atoms with Crippen LogP contribution in [0.5, 0.6) is 0 Å². The standard InChI is InChI=1S/C26H28N2S/c1-2-28-19-24-13-7-6-12-22(24)17-25(28)18-27-26(29)23-14-8-11-21(16-23)15-20-9-4-3-5-10-20/h3-14,16,25H,2,15,17-19H2,1H3,(H,27,29)/t25-/m0/s1. The molecule has 2 nitrogen and oxygen atoms in total. The van der Waals surface area contributed by atoms with Crippen molar-refractivity contribution in [3.8, 4) is 0 Å². The summed E-state index contributed by atoms with van der Waals surface area (Å²) in [6, 6.07) is 28.5. The molecule has 0 aliphatic carbocycles. The van der Waals surface area contributed by atoms with E-state index in [1.165, 1.54) is 22.3 Å². The molecule has 1 heterocycles. The summed E-state index contributed by atoms with van der Waals surface area (Å²) in [6.45, 7) is 5.20. The van der Waals surface area contributed by atoms with Crippen LogP contribution in [0, 0.1) is 0 Å². The lowest BCUT2D eigenvalue weighted by Crippen LogP contribution is -2.47. The van der Waals surface area contributed by atoms with Crippen molar-refractivity contribution in [3.63, 3.8) is 0 Å². The van der Waals surface area contributed by atoms with Crippen LogP contribution < -0.4 is 5.32 Å². The molecule has 1 atom stereocenters. The maximum Gasteiger partial charge on any atom is 0.106 e. The highest BCUT2D eigenvalue weighted by atomic mass is 32.1. The Balaban J connectivity index is 1.40. The van der Waals surface area contributed by atoms with Gasteiger partial charge in [0.25, 0.3) is 0 Å². The van der Waals surface area contributed by atoms with Crippen molar-refractivity contribution >= 4 is 17.2 Å². The fourth-order valence-corrected chi connectivity index (χ4v) is 4.39. The molecular weight excluding hydrogens is 372 g/mol. The number of hydrogen-bond acceptors (Lipinski definition) is 2. The van der Waals surface area contributed by atoms with Gasteiger partial charge in [0.2, 0.25) is 0 Å². The summed E-state index contributed by atoms with van der Waals surface area (Å²) >= 11 is 5.74. The fraction of sp³-hybridized carbons (Fsp3) is 0.269. The monoisotopic (exact) mass is 400 g/mol. The Labute approximate surface area is 179 Å². The molecule has 3 aromatic rings. The van der Waals surface area contributed by atoms with Crippen molar-refractivity contribution in [2.75, 3.05) is 13.1 Å². The summed E-state index contributed by atoms with van der Waals surface area (Å²) in [4.78, 5) is 3.39. The number of likely N-dealkylation sites (N-methyl/N-ethyl adjacent to an activating group) is 1. The van der Waals surface area contributed by atoms with E-state index in [9.17, 15) is 0 Å². The number of rotatable bonds is 6. The molecule has 0 radical (unpaired) electrons. The third kappa shape index (κ3) is 4.92. The van der Waals surface area contributed by atoms with Gasteiger partial charge in [-0.15, -0.1) is 0 Å². The molecule has 148 valence electrons. The molecule has 0 spiro atoms. The van der Waals surface area contributed by atoms with E-state index in [0.717, 1.165) is 43.0 Å². The van der Waals surface area contributed by atoms with E-state index in [1.807, 2.05) is 0 Å². The number of hydrogen-bond donors (Lipinski definition) is 1. The van der Waals surface area contributed by atoms with Gasteiger partial charge in [-0.25, -0.2) is 0 Å². The number of benzene rings is 3. The second kappa shape index (κ2) is 9.34. The minimum atomic E-state index is 0.473. The van der Waals surface area contributed by atoms with Gasteiger partial charge >= 0.3 is 0 Å². The lowest BCUT2D eigenvalue weighted by molar-refractivity contribution is 0.182. The summed E-state index contributed by atoms with van der Waals surface area (Å²) in [5, 5.41) is 3.54. The highest BCUT2D eigenvalue weighted by molar-refractivity contribution is 7.80. The Morgan fingerprint density at radius 3 is 2.45 bits per heavy atom. The van der Waals surface area contributed by atoms with Gasteiger partial charge in [0.15, 0.2) is 0 Å². The lowest BCUT2D eigenvalue weighted by atomic mass is 9.94. The maximum atomic E-state index is 5.74. The van der Waals surface area contributed by atoms with Crippen molar-refractivity contribution in [3.05, 3.63) is 107 Å². The van der Waals surface area contributed by atoms with Crippen molar-refractivity contribution in [1.29, 1.82) is 0 Å². The first-order valence-corrected chi connectivity index (χ1v) is 10.9. The van der Waals surface area contributed by atoms with Crippen LogP contribution in [0.3, 0.4) is 0 Å². The van der Waals surface area contributed by atoms with Crippen LogP contribution in [0.1, 0.15) is 34.7 Å². The Kier molecular flexibility index (Phi) is 6.38. The number of fused-ring (bicyclic) bond motifs is 1. The summed E-state index contributed by atoms with van der Waals surface area (Å²) in [5.41, 5.74) is 6.65. The molecule has 0 fully saturated rings. The van der Waals surface area contributed by atoms with Gasteiger partial charge in [-0.2, -0.15) is 0 Å². The number of nitrogens with zero attached hydrogens (tertiary/aromatic N) is 1. The third-order valence-electron chi connectivity index (χ3n) is 5.81. The highest BCUT2D eigenvalue weighted by Crippen LogP contribution is 2.22. The molecule has 29 heavy (non-hydrogen) atoms. The van der Waals surface area contributed by atoms with E-state index in [-0.39, 0.29) is 0 Å². The van der Waals surface area contributed by atoms with E-state index in [4.69, 9.17) is 12.2 Å². The smallest absolute Gasteiger partial charge is 0.106 e. The normalized spacial score (nSPS) is 16.2. The Hall–Kier alpha value is -2.49. The van der Waals surface area contributed by atoms with E-state index in [2.05, 4.69) is 96.0 Å².